The molecule has 0 saturated carbocycles. The van der Waals surface area contributed by atoms with Crippen molar-refractivity contribution in [3.8, 4) is 5.75 Å². The van der Waals surface area contributed by atoms with Crippen LogP contribution in [-0.2, 0) is 12.1 Å². The molecule has 1 unspecified atom stereocenters. The fourth-order valence-electron chi connectivity index (χ4n) is 1.95. The largest absolute Gasteiger partial charge is 0.483 e. The Labute approximate surface area is 125 Å². The maximum absolute atomic E-state index is 5.93. The minimum absolute atomic E-state index is 0.247. The van der Waals surface area contributed by atoms with E-state index in [1.807, 2.05) is 32.0 Å². The van der Waals surface area contributed by atoms with Gasteiger partial charge in [0, 0.05) is 0 Å². The van der Waals surface area contributed by atoms with Crippen molar-refractivity contribution in [3.63, 3.8) is 0 Å². The first-order chi connectivity index (χ1) is 9.91. The van der Waals surface area contributed by atoms with Crippen molar-refractivity contribution >= 4 is 0 Å². The maximum Gasteiger partial charge on any atom is 0.264 e. The van der Waals surface area contributed by atoms with Crippen LogP contribution < -0.4 is 10.5 Å². The second kappa shape index (κ2) is 6.26. The first-order valence-corrected chi connectivity index (χ1v) is 7.25. The van der Waals surface area contributed by atoms with Gasteiger partial charge in [0.15, 0.2) is 12.4 Å². The van der Waals surface area contributed by atoms with Crippen LogP contribution in [0, 0.1) is 0 Å². The number of hydrogen-bond donors (Lipinski definition) is 1. The lowest BCUT2D eigenvalue weighted by atomic mass is 9.98. The number of para-hydroxylation sites is 1. The lowest BCUT2D eigenvalue weighted by molar-refractivity contribution is 0.239. The summed E-state index contributed by atoms with van der Waals surface area (Å²) in [5.41, 5.74) is 6.51. The maximum atomic E-state index is 5.93. The van der Waals surface area contributed by atoms with Crippen LogP contribution in [0.15, 0.2) is 28.8 Å². The summed E-state index contributed by atoms with van der Waals surface area (Å²) >= 11 is 0. The molecule has 0 fully saturated rings. The van der Waals surface area contributed by atoms with Crippen LogP contribution in [0.1, 0.15) is 57.3 Å². The molecular weight excluding hydrogens is 266 g/mol. The van der Waals surface area contributed by atoms with Crippen molar-refractivity contribution in [2.75, 3.05) is 0 Å². The van der Waals surface area contributed by atoms with Gasteiger partial charge in [-0.15, -0.1) is 0 Å². The van der Waals surface area contributed by atoms with Gasteiger partial charge in [-0.1, -0.05) is 37.2 Å². The summed E-state index contributed by atoms with van der Waals surface area (Å²) in [7, 11) is 0. The predicted molar refractivity (Wildman–Crippen MR) is 81.0 cm³/mol. The van der Waals surface area contributed by atoms with Crippen molar-refractivity contribution in [1.29, 1.82) is 0 Å². The molecule has 5 nitrogen and oxygen atoms in total. The van der Waals surface area contributed by atoms with Crippen molar-refractivity contribution in [2.45, 2.75) is 52.2 Å². The first kappa shape index (κ1) is 15.5. The van der Waals surface area contributed by atoms with E-state index in [4.69, 9.17) is 15.0 Å². The highest BCUT2D eigenvalue weighted by Gasteiger charge is 2.21. The fourth-order valence-corrected chi connectivity index (χ4v) is 1.95. The van der Waals surface area contributed by atoms with E-state index >= 15 is 0 Å². The van der Waals surface area contributed by atoms with Crippen LogP contribution >= 0.6 is 0 Å². The first-order valence-electron chi connectivity index (χ1n) is 7.25. The number of ether oxygens (including phenoxy) is 1. The molecule has 1 aromatic heterocycles. The summed E-state index contributed by atoms with van der Waals surface area (Å²) in [5.74, 6) is 2.22. The van der Waals surface area contributed by atoms with E-state index in [0.717, 1.165) is 12.2 Å². The standard InChI is InChI=1S/C16H23N3O2/c1-5-11(2)12-8-6-7-9-13(12)20-10-14-18-15(19-21-14)16(3,4)17/h6-9,11H,5,10,17H2,1-4H3. The summed E-state index contributed by atoms with van der Waals surface area (Å²) in [6, 6.07) is 8.04. The van der Waals surface area contributed by atoms with Crippen LogP contribution in [0.25, 0.3) is 0 Å². The highest BCUT2D eigenvalue weighted by molar-refractivity contribution is 5.35. The van der Waals surface area contributed by atoms with Gasteiger partial charge in [-0.05, 0) is 37.8 Å². The molecule has 2 rings (SSSR count). The van der Waals surface area contributed by atoms with Gasteiger partial charge in [0.2, 0.25) is 0 Å². The molecule has 1 aromatic carbocycles. The van der Waals surface area contributed by atoms with Crippen molar-refractivity contribution in [3.05, 3.63) is 41.5 Å². The Kier molecular flexibility index (Phi) is 4.63. The number of rotatable bonds is 6. The van der Waals surface area contributed by atoms with Crippen LogP contribution in [0.4, 0.5) is 0 Å². The van der Waals surface area contributed by atoms with E-state index in [1.54, 1.807) is 0 Å². The molecule has 0 aliphatic rings. The fraction of sp³-hybridized carbons (Fsp3) is 0.500. The second-order valence-corrected chi connectivity index (χ2v) is 5.87. The average molecular weight is 289 g/mol. The zero-order valence-corrected chi connectivity index (χ0v) is 13.1. The monoisotopic (exact) mass is 289 g/mol. The summed E-state index contributed by atoms with van der Waals surface area (Å²) in [5, 5.41) is 3.88. The topological polar surface area (TPSA) is 74.2 Å². The molecule has 5 heteroatoms. The van der Waals surface area contributed by atoms with E-state index in [-0.39, 0.29) is 6.61 Å². The lowest BCUT2D eigenvalue weighted by Gasteiger charge is -2.14. The van der Waals surface area contributed by atoms with Gasteiger partial charge in [0.05, 0.1) is 5.54 Å². The van der Waals surface area contributed by atoms with Gasteiger partial charge in [-0.3, -0.25) is 0 Å². The number of benzene rings is 1. The van der Waals surface area contributed by atoms with E-state index in [2.05, 4.69) is 30.1 Å². The Balaban J connectivity index is 2.08. The molecule has 0 spiro atoms. The molecule has 0 aliphatic heterocycles. The Bertz CT molecular complexity index is 587. The van der Waals surface area contributed by atoms with E-state index in [0.29, 0.717) is 17.6 Å². The number of aromatic nitrogens is 2. The molecule has 2 aromatic rings. The molecule has 0 saturated heterocycles. The van der Waals surface area contributed by atoms with Gasteiger partial charge in [0.25, 0.3) is 5.89 Å². The highest BCUT2D eigenvalue weighted by atomic mass is 16.5. The number of nitrogens with zero attached hydrogens (tertiary/aromatic N) is 2. The van der Waals surface area contributed by atoms with Crippen LogP contribution in [0.5, 0.6) is 5.75 Å². The third kappa shape index (κ3) is 3.82. The second-order valence-electron chi connectivity index (χ2n) is 5.87. The molecule has 2 N–H and O–H groups in total. The lowest BCUT2D eigenvalue weighted by Crippen LogP contribution is -2.30. The van der Waals surface area contributed by atoms with Gasteiger partial charge < -0.3 is 15.0 Å². The Morgan fingerprint density at radius 1 is 1.33 bits per heavy atom. The van der Waals surface area contributed by atoms with E-state index < -0.39 is 5.54 Å². The summed E-state index contributed by atoms with van der Waals surface area (Å²) in [4.78, 5) is 4.26. The van der Waals surface area contributed by atoms with Crippen molar-refractivity contribution < 1.29 is 9.26 Å². The highest BCUT2D eigenvalue weighted by Crippen LogP contribution is 2.28. The van der Waals surface area contributed by atoms with Crippen LogP contribution in [0.3, 0.4) is 0 Å². The molecule has 21 heavy (non-hydrogen) atoms. The van der Waals surface area contributed by atoms with Gasteiger partial charge in [-0.25, -0.2) is 0 Å². The van der Waals surface area contributed by atoms with E-state index in [9.17, 15) is 0 Å². The summed E-state index contributed by atoms with van der Waals surface area (Å²) in [6.07, 6.45) is 1.06. The Morgan fingerprint density at radius 3 is 2.67 bits per heavy atom. The van der Waals surface area contributed by atoms with Gasteiger partial charge >= 0.3 is 0 Å². The molecule has 0 aliphatic carbocycles. The van der Waals surface area contributed by atoms with Crippen molar-refractivity contribution in [2.24, 2.45) is 5.73 Å². The molecule has 0 radical (unpaired) electrons. The third-order valence-corrected chi connectivity index (χ3v) is 3.46. The zero-order valence-electron chi connectivity index (χ0n) is 13.1. The van der Waals surface area contributed by atoms with E-state index in [1.165, 1.54) is 5.56 Å². The molecule has 0 bridgehead atoms. The summed E-state index contributed by atoms with van der Waals surface area (Å²) < 4.78 is 11.0. The van der Waals surface area contributed by atoms with Crippen LogP contribution in [-0.4, -0.2) is 10.1 Å². The number of nitrogens with two attached hydrogens (primary N) is 1. The smallest absolute Gasteiger partial charge is 0.264 e. The van der Waals surface area contributed by atoms with Crippen LogP contribution in [0.2, 0.25) is 0 Å². The summed E-state index contributed by atoms with van der Waals surface area (Å²) in [6.45, 7) is 8.26. The predicted octanol–water partition coefficient (Wildman–Crippen LogP) is 3.36. The molecule has 1 heterocycles. The molecule has 1 atom stereocenters. The number of hydrogen-bond acceptors (Lipinski definition) is 5. The SMILES string of the molecule is CCC(C)c1ccccc1OCc1nc(C(C)(C)N)no1. The average Bonchev–Trinajstić information content (AvgIpc) is 2.93. The minimum atomic E-state index is -0.615. The zero-order chi connectivity index (χ0) is 15.5. The molecule has 114 valence electrons. The Morgan fingerprint density at radius 2 is 2.05 bits per heavy atom. The van der Waals surface area contributed by atoms with Crippen molar-refractivity contribution in [1.82, 2.24) is 10.1 Å². The molecular formula is C16H23N3O2. The van der Waals surface area contributed by atoms with Gasteiger partial charge in [0.1, 0.15) is 5.75 Å². The minimum Gasteiger partial charge on any atom is -0.483 e. The quantitative estimate of drug-likeness (QED) is 0.882. The normalized spacial score (nSPS) is 13.2. The Hall–Kier alpha value is -1.88. The molecule has 0 amide bonds. The van der Waals surface area contributed by atoms with Gasteiger partial charge in [-0.2, -0.15) is 4.98 Å². The third-order valence-electron chi connectivity index (χ3n) is 3.46.